The monoisotopic (exact) mass is 376 g/mol. The summed E-state index contributed by atoms with van der Waals surface area (Å²) in [5.41, 5.74) is 1.33. The van der Waals surface area contributed by atoms with Crippen molar-refractivity contribution in [3.63, 3.8) is 0 Å². The second kappa shape index (κ2) is 8.15. The summed E-state index contributed by atoms with van der Waals surface area (Å²) in [5.74, 6) is 1.63. The van der Waals surface area contributed by atoms with Crippen LogP contribution in [0.25, 0.3) is 0 Å². The molecule has 1 aromatic rings. The number of ether oxygens (including phenoxy) is 1. The fourth-order valence-electron chi connectivity index (χ4n) is 4.19. The number of likely N-dealkylation sites (tertiary alicyclic amines) is 1. The normalized spacial score (nSPS) is 29.8. The van der Waals surface area contributed by atoms with Crippen LogP contribution in [0, 0.1) is 0 Å². The van der Waals surface area contributed by atoms with Crippen LogP contribution in [0.2, 0.25) is 5.02 Å². The summed E-state index contributed by atoms with van der Waals surface area (Å²) in [4.78, 5) is 9.80. The van der Waals surface area contributed by atoms with Gasteiger partial charge in [0.25, 0.3) is 0 Å². The van der Waals surface area contributed by atoms with Gasteiger partial charge in [-0.3, -0.25) is 9.89 Å². The lowest BCUT2D eigenvalue weighted by Crippen LogP contribution is -2.47. The molecule has 0 aromatic heterocycles. The first-order valence-corrected chi connectivity index (χ1v) is 10.3. The van der Waals surface area contributed by atoms with Gasteiger partial charge in [-0.15, -0.1) is 0 Å². The van der Waals surface area contributed by atoms with E-state index < -0.39 is 0 Å². The molecule has 1 aliphatic carbocycles. The van der Waals surface area contributed by atoms with Crippen molar-refractivity contribution in [3.8, 4) is 0 Å². The van der Waals surface area contributed by atoms with E-state index in [1.807, 2.05) is 12.1 Å². The first kappa shape index (κ1) is 18.1. The van der Waals surface area contributed by atoms with Gasteiger partial charge in [-0.1, -0.05) is 23.7 Å². The molecule has 2 aliphatic heterocycles. The lowest BCUT2D eigenvalue weighted by Gasteiger charge is -2.32. The average Bonchev–Trinajstić information content (AvgIpc) is 3.25. The molecular weight excluding hydrogens is 348 g/mol. The van der Waals surface area contributed by atoms with E-state index in [2.05, 4.69) is 34.2 Å². The molecule has 0 bridgehead atoms. The number of hydrogen-bond donors (Lipinski definition) is 1. The van der Waals surface area contributed by atoms with Crippen molar-refractivity contribution in [3.05, 3.63) is 34.9 Å². The number of benzene rings is 1. The van der Waals surface area contributed by atoms with E-state index in [0.29, 0.717) is 18.0 Å². The maximum absolute atomic E-state index is 6.15. The van der Waals surface area contributed by atoms with Crippen LogP contribution in [0.5, 0.6) is 0 Å². The Hall–Kier alpha value is -1.30. The zero-order chi connectivity index (χ0) is 17.9. The smallest absolute Gasteiger partial charge is 0.194 e. The van der Waals surface area contributed by atoms with Crippen molar-refractivity contribution in [1.82, 2.24) is 15.1 Å². The predicted molar refractivity (Wildman–Crippen MR) is 106 cm³/mol. The molecule has 6 heteroatoms. The Morgan fingerprint density at radius 2 is 2.15 bits per heavy atom. The molecule has 3 aliphatic rings. The summed E-state index contributed by atoms with van der Waals surface area (Å²) >= 11 is 6.15. The number of guanidine groups is 1. The fraction of sp³-hybridized carbons (Fsp3) is 0.650. The summed E-state index contributed by atoms with van der Waals surface area (Å²) < 4.78 is 5.49. The predicted octanol–water partition coefficient (Wildman–Crippen LogP) is 2.57. The van der Waals surface area contributed by atoms with Crippen molar-refractivity contribution in [2.75, 3.05) is 45.9 Å². The van der Waals surface area contributed by atoms with Crippen LogP contribution in [-0.2, 0) is 4.74 Å². The summed E-state index contributed by atoms with van der Waals surface area (Å²) in [6, 6.07) is 9.36. The van der Waals surface area contributed by atoms with Crippen LogP contribution in [-0.4, -0.2) is 73.8 Å². The fourth-order valence-corrected chi connectivity index (χ4v) is 4.39. The maximum atomic E-state index is 6.15. The number of hydrogen-bond acceptors (Lipinski definition) is 3. The molecule has 142 valence electrons. The van der Waals surface area contributed by atoms with E-state index in [-0.39, 0.29) is 0 Å². The van der Waals surface area contributed by atoms with Crippen LogP contribution >= 0.6 is 11.6 Å². The number of morpholine rings is 1. The van der Waals surface area contributed by atoms with Gasteiger partial charge in [0.15, 0.2) is 5.96 Å². The van der Waals surface area contributed by atoms with Gasteiger partial charge < -0.3 is 15.0 Å². The van der Waals surface area contributed by atoms with Crippen molar-refractivity contribution in [2.24, 2.45) is 4.99 Å². The molecule has 0 spiro atoms. The van der Waals surface area contributed by atoms with Gasteiger partial charge in [0.1, 0.15) is 0 Å². The minimum atomic E-state index is 0.473. The van der Waals surface area contributed by atoms with E-state index in [9.17, 15) is 0 Å². The number of halogens is 1. The Labute approximate surface area is 161 Å². The summed E-state index contributed by atoms with van der Waals surface area (Å²) in [7, 11) is 0. The molecule has 3 fully saturated rings. The molecule has 0 amide bonds. The van der Waals surface area contributed by atoms with Crippen molar-refractivity contribution in [1.29, 1.82) is 0 Å². The minimum absolute atomic E-state index is 0.473. The molecule has 1 N–H and O–H groups in total. The van der Waals surface area contributed by atoms with Gasteiger partial charge in [-0.05, 0) is 37.5 Å². The highest BCUT2D eigenvalue weighted by atomic mass is 35.5. The molecule has 3 unspecified atom stereocenters. The van der Waals surface area contributed by atoms with Gasteiger partial charge >= 0.3 is 0 Å². The average molecular weight is 377 g/mol. The SMILES string of the molecule is CCN=C(NC1CC1c1cccc(Cl)c1)N1CCC(N2CCOCC2)C1. The standard InChI is InChI=1S/C20H29ClN4O/c1-2-22-20(23-19-13-18(19)15-4-3-5-16(21)12-15)25-7-6-17(14-25)24-8-10-26-11-9-24/h3-5,12,17-19H,2,6-11,13-14H2,1H3,(H,22,23). The first-order chi connectivity index (χ1) is 12.7. The zero-order valence-electron chi connectivity index (χ0n) is 15.5. The molecule has 3 atom stereocenters. The number of nitrogens with one attached hydrogen (secondary N) is 1. The quantitative estimate of drug-likeness (QED) is 0.647. The molecule has 0 radical (unpaired) electrons. The molecule has 2 heterocycles. The maximum Gasteiger partial charge on any atom is 0.194 e. The highest BCUT2D eigenvalue weighted by Gasteiger charge is 2.40. The molecule has 2 saturated heterocycles. The largest absolute Gasteiger partial charge is 0.379 e. The van der Waals surface area contributed by atoms with Gasteiger partial charge in [0, 0.05) is 55.7 Å². The van der Waals surface area contributed by atoms with Crippen molar-refractivity contribution in [2.45, 2.75) is 37.8 Å². The third kappa shape index (κ3) is 4.16. The van der Waals surface area contributed by atoms with Crippen LogP contribution in [0.4, 0.5) is 0 Å². The van der Waals surface area contributed by atoms with Gasteiger partial charge in [-0.25, -0.2) is 0 Å². The van der Waals surface area contributed by atoms with Crippen LogP contribution in [0.15, 0.2) is 29.3 Å². The molecule has 4 rings (SSSR count). The second-order valence-corrected chi connectivity index (χ2v) is 7.92. The number of nitrogens with zero attached hydrogens (tertiary/aromatic N) is 3. The minimum Gasteiger partial charge on any atom is -0.379 e. The van der Waals surface area contributed by atoms with E-state index in [1.54, 1.807) is 0 Å². The number of aliphatic imine (C=N–C) groups is 1. The first-order valence-electron chi connectivity index (χ1n) is 9.88. The van der Waals surface area contributed by atoms with Crippen LogP contribution in [0.1, 0.15) is 31.2 Å². The Morgan fingerprint density at radius 3 is 2.92 bits per heavy atom. The Bertz CT molecular complexity index is 646. The van der Waals surface area contributed by atoms with Crippen LogP contribution in [0.3, 0.4) is 0 Å². The highest BCUT2D eigenvalue weighted by molar-refractivity contribution is 6.30. The number of rotatable bonds is 4. The summed E-state index contributed by atoms with van der Waals surface area (Å²) in [5, 5.41) is 4.54. The lowest BCUT2D eigenvalue weighted by molar-refractivity contribution is 0.0195. The lowest BCUT2D eigenvalue weighted by atomic mass is 10.1. The molecular formula is C20H29ClN4O. The van der Waals surface area contributed by atoms with Crippen LogP contribution < -0.4 is 5.32 Å². The van der Waals surface area contributed by atoms with E-state index in [4.69, 9.17) is 21.3 Å². The summed E-state index contributed by atoms with van der Waals surface area (Å²) in [6.07, 6.45) is 2.37. The van der Waals surface area contributed by atoms with Gasteiger partial charge in [0.05, 0.1) is 13.2 Å². The highest BCUT2D eigenvalue weighted by Crippen LogP contribution is 2.41. The molecule has 26 heavy (non-hydrogen) atoms. The van der Waals surface area contributed by atoms with Gasteiger partial charge in [0.2, 0.25) is 0 Å². The molecule has 1 aromatic carbocycles. The summed E-state index contributed by atoms with van der Waals surface area (Å²) in [6.45, 7) is 8.94. The van der Waals surface area contributed by atoms with E-state index in [1.165, 1.54) is 12.0 Å². The topological polar surface area (TPSA) is 40.1 Å². The van der Waals surface area contributed by atoms with Crippen molar-refractivity contribution >= 4 is 17.6 Å². The third-order valence-corrected chi connectivity index (χ3v) is 5.95. The Morgan fingerprint density at radius 1 is 1.31 bits per heavy atom. The Kier molecular flexibility index (Phi) is 5.67. The zero-order valence-corrected chi connectivity index (χ0v) is 16.3. The van der Waals surface area contributed by atoms with E-state index >= 15 is 0 Å². The molecule has 1 saturated carbocycles. The van der Waals surface area contributed by atoms with E-state index in [0.717, 1.165) is 63.3 Å². The Balaban J connectivity index is 1.34. The third-order valence-electron chi connectivity index (χ3n) is 5.71. The second-order valence-electron chi connectivity index (χ2n) is 7.48. The van der Waals surface area contributed by atoms with Crippen molar-refractivity contribution < 1.29 is 4.74 Å². The molecule has 5 nitrogen and oxygen atoms in total. The van der Waals surface area contributed by atoms with Gasteiger partial charge in [-0.2, -0.15) is 0 Å².